The molecule has 21 heavy (non-hydrogen) atoms. The Morgan fingerprint density at radius 3 is 2.29 bits per heavy atom. The summed E-state index contributed by atoms with van der Waals surface area (Å²) in [5, 5.41) is 15.1. The summed E-state index contributed by atoms with van der Waals surface area (Å²) in [5.74, 6) is -0.150. The molecule has 1 amide bonds. The van der Waals surface area contributed by atoms with Crippen molar-refractivity contribution in [3.63, 3.8) is 0 Å². The number of amides is 1. The third-order valence-corrected chi connectivity index (χ3v) is 3.67. The number of Topliss-reactive ketones (excluding diaryl/α,β-unsaturated/α-hetero) is 1. The maximum absolute atomic E-state index is 12.3. The number of nitrogens with one attached hydrogen (secondary N) is 2. The van der Waals surface area contributed by atoms with Crippen molar-refractivity contribution in [3.05, 3.63) is 0 Å². The molecule has 0 spiro atoms. The van der Waals surface area contributed by atoms with E-state index in [1.54, 1.807) is 4.90 Å². The molecule has 0 aliphatic rings. The topological polar surface area (TPSA) is 81.7 Å². The first-order valence-corrected chi connectivity index (χ1v) is 7.76. The van der Waals surface area contributed by atoms with Crippen LogP contribution in [0.25, 0.3) is 0 Å². The zero-order valence-electron chi connectivity index (χ0n) is 13.9. The van der Waals surface area contributed by atoms with E-state index in [4.69, 9.17) is 5.11 Å². The molecule has 6 heteroatoms. The molecule has 0 aliphatic heterocycles. The molecule has 0 heterocycles. The number of aliphatic hydroxyl groups excluding tert-OH is 1. The Labute approximate surface area is 128 Å². The molecule has 0 rings (SSSR count). The van der Waals surface area contributed by atoms with Crippen LogP contribution in [0.5, 0.6) is 0 Å². The van der Waals surface area contributed by atoms with Gasteiger partial charge in [0.05, 0.1) is 0 Å². The van der Waals surface area contributed by atoms with Gasteiger partial charge in [0.1, 0.15) is 0 Å². The zero-order valence-corrected chi connectivity index (χ0v) is 13.9. The van der Waals surface area contributed by atoms with E-state index >= 15 is 0 Å². The average Bonchev–Trinajstić information content (AvgIpc) is 2.43. The van der Waals surface area contributed by atoms with E-state index in [0.717, 1.165) is 19.3 Å². The van der Waals surface area contributed by atoms with Gasteiger partial charge in [-0.05, 0) is 46.3 Å². The highest BCUT2D eigenvalue weighted by Crippen LogP contribution is 2.20. The van der Waals surface area contributed by atoms with Crippen LogP contribution in [-0.2, 0) is 9.59 Å². The van der Waals surface area contributed by atoms with E-state index < -0.39 is 5.66 Å². The van der Waals surface area contributed by atoms with Crippen LogP contribution >= 0.6 is 0 Å². The fourth-order valence-electron chi connectivity index (χ4n) is 2.58. The first-order valence-electron chi connectivity index (χ1n) is 7.76. The van der Waals surface area contributed by atoms with Crippen molar-refractivity contribution >= 4 is 11.7 Å². The van der Waals surface area contributed by atoms with Crippen LogP contribution in [0.4, 0.5) is 0 Å². The highest BCUT2D eigenvalue weighted by molar-refractivity contribution is 5.90. The Morgan fingerprint density at radius 1 is 1.19 bits per heavy atom. The number of nitrogens with zero attached hydrogens (tertiary/aromatic N) is 1. The van der Waals surface area contributed by atoms with Gasteiger partial charge in [0, 0.05) is 26.5 Å². The molecule has 6 nitrogen and oxygen atoms in total. The summed E-state index contributed by atoms with van der Waals surface area (Å²) in [6.07, 6.45) is 2.87. The third-order valence-electron chi connectivity index (χ3n) is 3.67. The molecule has 0 fully saturated rings. The van der Waals surface area contributed by atoms with Crippen LogP contribution in [0.3, 0.4) is 0 Å². The van der Waals surface area contributed by atoms with Gasteiger partial charge in [0.25, 0.3) is 0 Å². The standard InChI is InChI=1S/C15H31N3O3/c1-5-17-15(13(2)20,9-10-16-4)18(14(3)21)11-7-6-8-12-19/h16-17,19H,5-12H2,1-4H3. The zero-order chi connectivity index (χ0) is 16.3. The molecular weight excluding hydrogens is 270 g/mol. The summed E-state index contributed by atoms with van der Waals surface area (Å²) in [5.41, 5.74) is -0.942. The Kier molecular flexibility index (Phi) is 10.2. The molecule has 0 aliphatic carbocycles. The van der Waals surface area contributed by atoms with Crippen LogP contribution in [0, 0.1) is 0 Å². The number of hydrogen-bond acceptors (Lipinski definition) is 5. The number of ketones is 1. The van der Waals surface area contributed by atoms with E-state index in [9.17, 15) is 9.59 Å². The minimum atomic E-state index is -0.942. The number of carbonyl (C=O) groups excluding carboxylic acids is 2. The molecule has 1 unspecified atom stereocenters. The summed E-state index contributed by atoms with van der Waals surface area (Å²) in [6, 6.07) is 0. The lowest BCUT2D eigenvalue weighted by atomic mass is 9.97. The van der Waals surface area contributed by atoms with E-state index in [2.05, 4.69) is 10.6 Å². The molecule has 1 atom stereocenters. The lowest BCUT2D eigenvalue weighted by molar-refractivity contribution is -0.147. The fraction of sp³-hybridized carbons (Fsp3) is 0.867. The van der Waals surface area contributed by atoms with E-state index in [0.29, 0.717) is 26.1 Å². The van der Waals surface area contributed by atoms with Crippen molar-refractivity contribution in [1.82, 2.24) is 15.5 Å². The quantitative estimate of drug-likeness (QED) is 0.361. The molecule has 124 valence electrons. The maximum Gasteiger partial charge on any atom is 0.221 e. The first-order chi connectivity index (χ1) is 9.96. The summed E-state index contributed by atoms with van der Waals surface area (Å²) in [7, 11) is 1.83. The van der Waals surface area contributed by atoms with Gasteiger partial charge in [-0.3, -0.25) is 14.9 Å². The minimum Gasteiger partial charge on any atom is -0.396 e. The monoisotopic (exact) mass is 301 g/mol. The Hall–Kier alpha value is -0.980. The van der Waals surface area contributed by atoms with Crippen molar-refractivity contribution in [1.29, 1.82) is 0 Å². The molecule has 0 saturated heterocycles. The van der Waals surface area contributed by atoms with Crippen molar-refractivity contribution in [2.24, 2.45) is 0 Å². The van der Waals surface area contributed by atoms with Crippen LogP contribution in [-0.4, -0.2) is 60.6 Å². The number of hydrogen-bond donors (Lipinski definition) is 3. The summed E-state index contributed by atoms with van der Waals surface area (Å²) < 4.78 is 0. The number of rotatable bonds is 12. The van der Waals surface area contributed by atoms with Crippen molar-refractivity contribution in [2.45, 2.75) is 52.1 Å². The lowest BCUT2D eigenvalue weighted by Crippen LogP contribution is -2.65. The van der Waals surface area contributed by atoms with Gasteiger partial charge in [-0.2, -0.15) is 0 Å². The molecule has 0 aromatic rings. The molecule has 0 radical (unpaired) electrons. The molecule has 0 aromatic carbocycles. The van der Waals surface area contributed by atoms with E-state index in [1.165, 1.54) is 13.8 Å². The van der Waals surface area contributed by atoms with Gasteiger partial charge in [0.15, 0.2) is 11.4 Å². The summed E-state index contributed by atoms with van der Waals surface area (Å²) in [4.78, 5) is 26.0. The fourth-order valence-corrected chi connectivity index (χ4v) is 2.58. The van der Waals surface area contributed by atoms with Gasteiger partial charge in [-0.15, -0.1) is 0 Å². The van der Waals surface area contributed by atoms with Gasteiger partial charge in [-0.1, -0.05) is 6.92 Å². The molecular formula is C15H31N3O3. The summed E-state index contributed by atoms with van der Waals surface area (Å²) in [6.45, 7) is 6.90. The molecule has 0 aromatic heterocycles. The van der Waals surface area contributed by atoms with Crippen molar-refractivity contribution < 1.29 is 14.7 Å². The number of carbonyl (C=O) groups is 2. The Balaban J connectivity index is 5.15. The molecule has 0 bridgehead atoms. The van der Waals surface area contributed by atoms with Gasteiger partial charge in [-0.25, -0.2) is 0 Å². The second kappa shape index (κ2) is 10.7. The lowest BCUT2D eigenvalue weighted by Gasteiger charge is -2.42. The van der Waals surface area contributed by atoms with Gasteiger partial charge < -0.3 is 15.3 Å². The van der Waals surface area contributed by atoms with Crippen molar-refractivity contribution in [2.75, 3.05) is 33.3 Å². The Morgan fingerprint density at radius 2 is 1.86 bits per heavy atom. The van der Waals surface area contributed by atoms with Crippen LogP contribution in [0.1, 0.15) is 46.5 Å². The third kappa shape index (κ3) is 6.11. The van der Waals surface area contributed by atoms with Gasteiger partial charge >= 0.3 is 0 Å². The first kappa shape index (κ1) is 20.0. The highest BCUT2D eigenvalue weighted by atomic mass is 16.3. The smallest absolute Gasteiger partial charge is 0.221 e. The highest BCUT2D eigenvalue weighted by Gasteiger charge is 2.41. The average molecular weight is 301 g/mol. The maximum atomic E-state index is 12.3. The van der Waals surface area contributed by atoms with Crippen LogP contribution < -0.4 is 10.6 Å². The van der Waals surface area contributed by atoms with Crippen LogP contribution in [0.2, 0.25) is 0 Å². The van der Waals surface area contributed by atoms with Gasteiger partial charge in [0.2, 0.25) is 5.91 Å². The minimum absolute atomic E-state index is 0.0445. The molecule has 0 saturated carbocycles. The largest absolute Gasteiger partial charge is 0.396 e. The van der Waals surface area contributed by atoms with E-state index in [1.807, 2.05) is 14.0 Å². The number of aliphatic hydroxyl groups is 1. The van der Waals surface area contributed by atoms with Crippen LogP contribution in [0.15, 0.2) is 0 Å². The second-order valence-corrected chi connectivity index (χ2v) is 5.26. The normalized spacial score (nSPS) is 13.8. The molecule has 3 N–H and O–H groups in total. The van der Waals surface area contributed by atoms with E-state index in [-0.39, 0.29) is 18.3 Å². The van der Waals surface area contributed by atoms with Crippen molar-refractivity contribution in [3.8, 4) is 0 Å². The second-order valence-electron chi connectivity index (χ2n) is 5.26. The number of likely N-dealkylation sites (N-methyl/N-ethyl adjacent to an activating group) is 1. The predicted molar refractivity (Wildman–Crippen MR) is 84.0 cm³/mol. The predicted octanol–water partition coefficient (Wildman–Crippen LogP) is 0.502. The summed E-state index contributed by atoms with van der Waals surface area (Å²) >= 11 is 0. The SMILES string of the molecule is CCNC(CCNC)(C(C)=O)N(CCCCCO)C(C)=O. The Bertz CT molecular complexity index is 323. The number of unbranched alkanes of at least 4 members (excludes halogenated alkanes) is 2.